The molecule has 0 saturated carbocycles. The molecule has 25 heavy (non-hydrogen) atoms. The van der Waals surface area contributed by atoms with Crippen LogP contribution >= 0.6 is 0 Å². The third-order valence-electron chi connectivity index (χ3n) is 5.28. The predicted molar refractivity (Wildman–Crippen MR) is 100 cm³/mol. The molecule has 1 aliphatic carbocycles. The first kappa shape index (κ1) is 17.6. The minimum atomic E-state index is -0.662. The summed E-state index contributed by atoms with van der Waals surface area (Å²) in [6.45, 7) is 3.16. The van der Waals surface area contributed by atoms with Crippen molar-refractivity contribution in [2.24, 2.45) is 5.73 Å². The van der Waals surface area contributed by atoms with Crippen molar-refractivity contribution in [3.63, 3.8) is 0 Å². The average Bonchev–Trinajstić information content (AvgIpc) is 2.65. The zero-order valence-corrected chi connectivity index (χ0v) is 15.0. The van der Waals surface area contributed by atoms with Crippen molar-refractivity contribution in [2.45, 2.75) is 31.7 Å². The summed E-state index contributed by atoms with van der Waals surface area (Å²) in [5.41, 5.74) is 9.77. The molecule has 0 fully saturated rings. The SMILES string of the molecule is COc1ccc2c(c1)CCC(CN)(NCCc1ccccc1C)C2=O. The Labute approximate surface area is 149 Å². The van der Waals surface area contributed by atoms with E-state index in [-0.39, 0.29) is 5.78 Å². The highest BCUT2D eigenvalue weighted by Crippen LogP contribution is 2.30. The molecule has 4 heteroatoms. The topological polar surface area (TPSA) is 64.3 Å². The molecule has 1 atom stereocenters. The predicted octanol–water partition coefficient (Wildman–Crippen LogP) is 2.66. The molecule has 1 unspecified atom stereocenters. The monoisotopic (exact) mass is 338 g/mol. The lowest BCUT2D eigenvalue weighted by Crippen LogP contribution is -2.59. The van der Waals surface area contributed by atoms with Gasteiger partial charge in [-0.3, -0.25) is 4.79 Å². The molecule has 0 radical (unpaired) electrons. The second kappa shape index (κ2) is 7.38. The lowest BCUT2D eigenvalue weighted by atomic mass is 9.76. The number of benzene rings is 2. The number of Topliss-reactive ketones (excluding diaryl/α,β-unsaturated/α-hetero) is 1. The van der Waals surface area contributed by atoms with Crippen molar-refractivity contribution >= 4 is 5.78 Å². The van der Waals surface area contributed by atoms with Gasteiger partial charge in [0.1, 0.15) is 5.75 Å². The fourth-order valence-corrected chi connectivity index (χ4v) is 3.61. The molecule has 0 saturated heterocycles. The van der Waals surface area contributed by atoms with E-state index >= 15 is 0 Å². The van der Waals surface area contributed by atoms with Gasteiger partial charge in [-0.05, 0) is 61.1 Å². The molecule has 0 heterocycles. The van der Waals surface area contributed by atoms with Gasteiger partial charge in [0.15, 0.2) is 5.78 Å². The summed E-state index contributed by atoms with van der Waals surface area (Å²) in [6.07, 6.45) is 2.43. The van der Waals surface area contributed by atoms with Crippen LogP contribution in [0.5, 0.6) is 5.75 Å². The molecule has 1 aliphatic rings. The third kappa shape index (κ3) is 3.46. The van der Waals surface area contributed by atoms with E-state index in [1.54, 1.807) is 7.11 Å². The fourth-order valence-electron chi connectivity index (χ4n) is 3.61. The van der Waals surface area contributed by atoms with Crippen LogP contribution in [0.1, 0.15) is 33.5 Å². The Morgan fingerprint density at radius 1 is 1.24 bits per heavy atom. The zero-order chi connectivity index (χ0) is 17.9. The van der Waals surface area contributed by atoms with Crippen molar-refractivity contribution in [1.29, 1.82) is 0 Å². The zero-order valence-electron chi connectivity index (χ0n) is 15.0. The molecule has 132 valence electrons. The van der Waals surface area contributed by atoms with Crippen LogP contribution < -0.4 is 15.8 Å². The minimum Gasteiger partial charge on any atom is -0.497 e. The van der Waals surface area contributed by atoms with Gasteiger partial charge >= 0.3 is 0 Å². The van der Waals surface area contributed by atoms with Crippen LogP contribution in [0.2, 0.25) is 0 Å². The van der Waals surface area contributed by atoms with Gasteiger partial charge in [0, 0.05) is 18.7 Å². The molecule has 0 bridgehead atoms. The number of nitrogens with one attached hydrogen (secondary N) is 1. The number of hydrogen-bond acceptors (Lipinski definition) is 4. The highest BCUT2D eigenvalue weighted by molar-refractivity contribution is 6.05. The Morgan fingerprint density at radius 3 is 2.76 bits per heavy atom. The van der Waals surface area contributed by atoms with Gasteiger partial charge in [-0.1, -0.05) is 24.3 Å². The smallest absolute Gasteiger partial charge is 0.184 e. The summed E-state index contributed by atoms with van der Waals surface area (Å²) in [6, 6.07) is 14.0. The molecule has 0 aliphatic heterocycles. The van der Waals surface area contributed by atoms with E-state index in [9.17, 15) is 4.79 Å². The van der Waals surface area contributed by atoms with Crippen LogP contribution in [0.4, 0.5) is 0 Å². The molecule has 2 aromatic carbocycles. The molecular formula is C21H26N2O2. The van der Waals surface area contributed by atoms with Crippen LogP contribution in [0.25, 0.3) is 0 Å². The first-order valence-corrected chi connectivity index (χ1v) is 8.81. The molecule has 3 rings (SSSR count). The van der Waals surface area contributed by atoms with Crippen molar-refractivity contribution in [3.05, 3.63) is 64.7 Å². The number of ether oxygens (including phenoxy) is 1. The summed E-state index contributed by atoms with van der Waals surface area (Å²) in [5.74, 6) is 0.892. The lowest BCUT2D eigenvalue weighted by Gasteiger charge is -2.37. The highest BCUT2D eigenvalue weighted by Gasteiger charge is 2.41. The maximum absolute atomic E-state index is 13.1. The largest absolute Gasteiger partial charge is 0.497 e. The van der Waals surface area contributed by atoms with Crippen LogP contribution in [0.15, 0.2) is 42.5 Å². The van der Waals surface area contributed by atoms with Crippen LogP contribution in [-0.4, -0.2) is 31.5 Å². The first-order valence-electron chi connectivity index (χ1n) is 8.81. The molecule has 4 nitrogen and oxygen atoms in total. The maximum atomic E-state index is 13.1. The van der Waals surface area contributed by atoms with Crippen LogP contribution in [0, 0.1) is 6.92 Å². The van der Waals surface area contributed by atoms with Crippen LogP contribution in [0.3, 0.4) is 0 Å². The summed E-state index contributed by atoms with van der Waals surface area (Å²) < 4.78 is 5.27. The van der Waals surface area contributed by atoms with Gasteiger partial charge in [0.05, 0.1) is 12.6 Å². The standard InChI is InChI=1S/C21H26N2O2/c1-15-5-3-4-6-16(15)10-12-23-21(14-22)11-9-17-13-18(25-2)7-8-19(17)20(21)24/h3-8,13,23H,9-12,14,22H2,1-2H3. The van der Waals surface area contributed by atoms with Gasteiger partial charge in [0.25, 0.3) is 0 Å². The summed E-state index contributed by atoms with van der Waals surface area (Å²) >= 11 is 0. The normalized spacial score (nSPS) is 19.6. The average molecular weight is 338 g/mol. The second-order valence-electron chi connectivity index (χ2n) is 6.74. The number of rotatable bonds is 6. The number of fused-ring (bicyclic) bond motifs is 1. The lowest BCUT2D eigenvalue weighted by molar-refractivity contribution is 0.0832. The number of hydrogen-bond donors (Lipinski definition) is 2. The van der Waals surface area contributed by atoms with Gasteiger partial charge < -0.3 is 15.8 Å². The number of methoxy groups -OCH3 is 1. The third-order valence-corrected chi connectivity index (χ3v) is 5.28. The summed E-state index contributed by atoms with van der Waals surface area (Å²) in [4.78, 5) is 13.1. The first-order chi connectivity index (χ1) is 12.1. The molecule has 3 N–H and O–H groups in total. The van der Waals surface area contributed by atoms with E-state index in [4.69, 9.17) is 10.5 Å². The Balaban J connectivity index is 1.74. The van der Waals surface area contributed by atoms with Gasteiger partial charge in [0.2, 0.25) is 0 Å². The van der Waals surface area contributed by atoms with Gasteiger partial charge in [-0.25, -0.2) is 0 Å². The van der Waals surface area contributed by atoms with E-state index in [0.717, 1.165) is 42.7 Å². The van der Waals surface area contributed by atoms with Crippen molar-refractivity contribution in [2.75, 3.05) is 20.2 Å². The number of ketones is 1. The van der Waals surface area contributed by atoms with Crippen molar-refractivity contribution in [3.8, 4) is 5.75 Å². The molecule has 0 spiro atoms. The number of carbonyl (C=O) groups excluding carboxylic acids is 1. The van der Waals surface area contributed by atoms with E-state index < -0.39 is 5.54 Å². The number of carbonyl (C=O) groups is 1. The summed E-state index contributed by atoms with van der Waals surface area (Å²) in [5, 5.41) is 3.47. The second-order valence-corrected chi connectivity index (χ2v) is 6.74. The summed E-state index contributed by atoms with van der Waals surface area (Å²) in [7, 11) is 1.64. The number of nitrogens with two attached hydrogens (primary N) is 1. The fraction of sp³-hybridized carbons (Fsp3) is 0.381. The molecule has 0 amide bonds. The Morgan fingerprint density at radius 2 is 2.04 bits per heavy atom. The van der Waals surface area contributed by atoms with Gasteiger partial charge in [-0.15, -0.1) is 0 Å². The van der Waals surface area contributed by atoms with E-state index in [1.165, 1.54) is 11.1 Å². The van der Waals surface area contributed by atoms with Gasteiger partial charge in [-0.2, -0.15) is 0 Å². The maximum Gasteiger partial charge on any atom is 0.184 e. The molecule has 2 aromatic rings. The Hall–Kier alpha value is -2.17. The Bertz CT molecular complexity index is 772. The Kier molecular flexibility index (Phi) is 5.21. The molecular weight excluding hydrogens is 312 g/mol. The highest BCUT2D eigenvalue weighted by atomic mass is 16.5. The number of aryl methyl sites for hydroxylation is 2. The van der Waals surface area contributed by atoms with E-state index in [1.807, 2.05) is 24.3 Å². The van der Waals surface area contributed by atoms with E-state index in [0.29, 0.717) is 6.54 Å². The van der Waals surface area contributed by atoms with Crippen LogP contribution in [-0.2, 0) is 12.8 Å². The van der Waals surface area contributed by atoms with Crippen molar-refractivity contribution in [1.82, 2.24) is 5.32 Å². The minimum absolute atomic E-state index is 0.101. The molecule has 0 aromatic heterocycles. The van der Waals surface area contributed by atoms with E-state index in [2.05, 4.69) is 30.4 Å². The quantitative estimate of drug-likeness (QED) is 0.850. The van der Waals surface area contributed by atoms with Crippen molar-refractivity contribution < 1.29 is 9.53 Å².